The fourth-order valence-electron chi connectivity index (χ4n) is 2.48. The number of carbonyl (C=O) groups excluding carboxylic acids is 1. The maximum atomic E-state index is 12.7. The predicted molar refractivity (Wildman–Crippen MR) is 95.7 cm³/mol. The minimum Gasteiger partial charge on any atom is -0.368 e. The standard InChI is InChI=1S/C19H15F3N4O/c20-19(21,22)15-3-1-2-12(8-15)9-17(27)26-16-6-4-13(5-7-16)14-10-24-18(23)25-11-14/h1-8,10-11H,9H2,(H,26,27)(H2,23,24,25). The molecule has 3 rings (SSSR count). The predicted octanol–water partition coefficient (Wildman–Crippen LogP) is 3.93. The molecule has 3 N–H and O–H groups in total. The number of halogens is 3. The van der Waals surface area contributed by atoms with E-state index in [1.165, 1.54) is 12.1 Å². The van der Waals surface area contributed by atoms with E-state index in [-0.39, 0.29) is 17.9 Å². The molecule has 1 aromatic heterocycles. The highest BCUT2D eigenvalue weighted by Crippen LogP contribution is 2.29. The Morgan fingerprint density at radius 3 is 2.30 bits per heavy atom. The summed E-state index contributed by atoms with van der Waals surface area (Å²) in [5.41, 5.74) is 7.11. The smallest absolute Gasteiger partial charge is 0.368 e. The van der Waals surface area contributed by atoms with Crippen LogP contribution in [0.25, 0.3) is 11.1 Å². The molecular formula is C19H15F3N4O. The van der Waals surface area contributed by atoms with Crippen LogP contribution in [0.4, 0.5) is 24.8 Å². The summed E-state index contributed by atoms with van der Waals surface area (Å²) in [5, 5.41) is 2.66. The maximum absolute atomic E-state index is 12.7. The van der Waals surface area contributed by atoms with E-state index in [4.69, 9.17) is 5.73 Å². The zero-order valence-electron chi connectivity index (χ0n) is 14.0. The Labute approximate surface area is 153 Å². The van der Waals surface area contributed by atoms with Crippen LogP contribution >= 0.6 is 0 Å². The summed E-state index contributed by atoms with van der Waals surface area (Å²) in [7, 11) is 0. The fraction of sp³-hybridized carbons (Fsp3) is 0.105. The number of alkyl halides is 3. The third kappa shape index (κ3) is 4.81. The Hall–Kier alpha value is -3.42. The second kappa shape index (κ2) is 7.45. The third-order valence-electron chi connectivity index (χ3n) is 3.79. The first-order valence-corrected chi connectivity index (χ1v) is 7.95. The molecule has 0 aliphatic carbocycles. The van der Waals surface area contributed by atoms with Crippen LogP contribution in [0, 0.1) is 0 Å². The number of nitrogens with zero attached hydrogens (tertiary/aromatic N) is 2. The first-order valence-electron chi connectivity index (χ1n) is 7.95. The lowest BCUT2D eigenvalue weighted by atomic mass is 10.1. The number of rotatable bonds is 4. The van der Waals surface area contributed by atoms with Gasteiger partial charge in [-0.05, 0) is 29.3 Å². The molecule has 27 heavy (non-hydrogen) atoms. The van der Waals surface area contributed by atoms with Gasteiger partial charge in [-0.15, -0.1) is 0 Å². The van der Waals surface area contributed by atoms with Crippen molar-refractivity contribution in [2.24, 2.45) is 0 Å². The molecule has 138 valence electrons. The van der Waals surface area contributed by atoms with Gasteiger partial charge < -0.3 is 11.1 Å². The van der Waals surface area contributed by atoms with Crippen molar-refractivity contribution in [3.63, 3.8) is 0 Å². The Morgan fingerprint density at radius 2 is 1.67 bits per heavy atom. The zero-order chi connectivity index (χ0) is 19.4. The monoisotopic (exact) mass is 372 g/mol. The highest BCUT2D eigenvalue weighted by atomic mass is 19.4. The lowest BCUT2D eigenvalue weighted by Gasteiger charge is -2.09. The van der Waals surface area contributed by atoms with Gasteiger partial charge in [-0.2, -0.15) is 13.2 Å². The van der Waals surface area contributed by atoms with Gasteiger partial charge in [-0.1, -0.05) is 30.3 Å². The van der Waals surface area contributed by atoms with Crippen molar-refractivity contribution in [3.8, 4) is 11.1 Å². The molecule has 2 aromatic carbocycles. The normalized spacial score (nSPS) is 11.2. The van der Waals surface area contributed by atoms with Gasteiger partial charge >= 0.3 is 6.18 Å². The first-order chi connectivity index (χ1) is 12.8. The highest BCUT2D eigenvalue weighted by Gasteiger charge is 2.30. The Kier molecular flexibility index (Phi) is 5.07. The Bertz CT molecular complexity index is 938. The van der Waals surface area contributed by atoms with Crippen LogP contribution in [-0.2, 0) is 17.4 Å². The van der Waals surface area contributed by atoms with E-state index in [0.717, 1.165) is 23.3 Å². The Morgan fingerprint density at radius 1 is 1.00 bits per heavy atom. The summed E-state index contributed by atoms with van der Waals surface area (Å²) in [6, 6.07) is 11.6. The van der Waals surface area contributed by atoms with Gasteiger partial charge in [0.2, 0.25) is 11.9 Å². The molecule has 0 radical (unpaired) electrons. The molecule has 0 saturated carbocycles. The molecule has 0 spiro atoms. The SMILES string of the molecule is Nc1ncc(-c2ccc(NC(=O)Cc3cccc(C(F)(F)F)c3)cc2)cn1. The van der Waals surface area contributed by atoms with Gasteiger partial charge in [0.1, 0.15) is 0 Å². The molecule has 0 bridgehead atoms. The molecule has 8 heteroatoms. The molecule has 0 unspecified atom stereocenters. The van der Waals surface area contributed by atoms with Crippen LogP contribution in [0.1, 0.15) is 11.1 Å². The lowest BCUT2D eigenvalue weighted by molar-refractivity contribution is -0.137. The summed E-state index contributed by atoms with van der Waals surface area (Å²) < 4.78 is 38.2. The number of nitrogens with two attached hydrogens (primary N) is 1. The van der Waals surface area contributed by atoms with Crippen LogP contribution in [0.3, 0.4) is 0 Å². The number of nitrogens with one attached hydrogen (secondary N) is 1. The minimum atomic E-state index is -4.44. The van der Waals surface area contributed by atoms with Gasteiger partial charge in [0, 0.05) is 23.6 Å². The Balaban J connectivity index is 1.65. The summed E-state index contributed by atoms with van der Waals surface area (Å²) in [5.74, 6) is -0.227. The van der Waals surface area contributed by atoms with Crippen LogP contribution in [0.5, 0.6) is 0 Å². The molecule has 0 fully saturated rings. The van der Waals surface area contributed by atoms with E-state index in [1.54, 1.807) is 36.7 Å². The van der Waals surface area contributed by atoms with Crippen LogP contribution in [-0.4, -0.2) is 15.9 Å². The number of hydrogen-bond acceptors (Lipinski definition) is 4. The molecular weight excluding hydrogens is 357 g/mol. The number of carbonyl (C=O) groups is 1. The molecule has 5 nitrogen and oxygen atoms in total. The minimum absolute atomic E-state index is 0.155. The molecule has 0 saturated heterocycles. The average molecular weight is 372 g/mol. The van der Waals surface area contributed by atoms with Crippen molar-refractivity contribution in [2.45, 2.75) is 12.6 Å². The van der Waals surface area contributed by atoms with E-state index in [0.29, 0.717) is 5.69 Å². The van der Waals surface area contributed by atoms with E-state index in [1.807, 2.05) is 0 Å². The van der Waals surface area contributed by atoms with Crippen molar-refractivity contribution in [1.29, 1.82) is 0 Å². The van der Waals surface area contributed by atoms with E-state index < -0.39 is 17.6 Å². The first kappa shape index (κ1) is 18.4. The van der Waals surface area contributed by atoms with Crippen molar-refractivity contribution >= 4 is 17.5 Å². The van der Waals surface area contributed by atoms with E-state index in [2.05, 4.69) is 15.3 Å². The fourth-order valence-corrected chi connectivity index (χ4v) is 2.48. The van der Waals surface area contributed by atoms with Crippen LogP contribution < -0.4 is 11.1 Å². The summed E-state index contributed by atoms with van der Waals surface area (Å²) in [6.45, 7) is 0. The van der Waals surface area contributed by atoms with E-state index in [9.17, 15) is 18.0 Å². The van der Waals surface area contributed by atoms with Gasteiger partial charge in [0.05, 0.1) is 12.0 Å². The average Bonchev–Trinajstić information content (AvgIpc) is 2.62. The quantitative estimate of drug-likeness (QED) is 0.727. The molecule has 3 aromatic rings. The summed E-state index contributed by atoms with van der Waals surface area (Å²) in [6.07, 6.45) is -1.42. The highest BCUT2D eigenvalue weighted by molar-refractivity contribution is 5.92. The van der Waals surface area contributed by atoms with Gasteiger partial charge in [-0.3, -0.25) is 4.79 Å². The number of anilines is 2. The van der Waals surface area contributed by atoms with Gasteiger partial charge in [0.15, 0.2) is 0 Å². The van der Waals surface area contributed by atoms with E-state index >= 15 is 0 Å². The zero-order valence-corrected chi connectivity index (χ0v) is 14.0. The van der Waals surface area contributed by atoms with Crippen LogP contribution in [0.2, 0.25) is 0 Å². The number of benzene rings is 2. The third-order valence-corrected chi connectivity index (χ3v) is 3.79. The van der Waals surface area contributed by atoms with Crippen molar-refractivity contribution < 1.29 is 18.0 Å². The van der Waals surface area contributed by atoms with Gasteiger partial charge in [0.25, 0.3) is 0 Å². The van der Waals surface area contributed by atoms with Crippen molar-refractivity contribution in [1.82, 2.24) is 9.97 Å². The lowest BCUT2D eigenvalue weighted by Crippen LogP contribution is -2.15. The number of amides is 1. The maximum Gasteiger partial charge on any atom is 0.416 e. The van der Waals surface area contributed by atoms with Gasteiger partial charge in [-0.25, -0.2) is 9.97 Å². The molecule has 1 heterocycles. The number of hydrogen-bond donors (Lipinski definition) is 2. The topological polar surface area (TPSA) is 80.9 Å². The van der Waals surface area contributed by atoms with Crippen LogP contribution in [0.15, 0.2) is 60.9 Å². The summed E-state index contributed by atoms with van der Waals surface area (Å²) in [4.78, 5) is 19.9. The molecule has 0 atom stereocenters. The largest absolute Gasteiger partial charge is 0.416 e. The second-order valence-corrected chi connectivity index (χ2v) is 5.83. The number of aromatic nitrogens is 2. The molecule has 1 amide bonds. The number of nitrogen functional groups attached to an aromatic ring is 1. The molecule has 0 aliphatic rings. The van der Waals surface area contributed by atoms with Crippen molar-refractivity contribution in [2.75, 3.05) is 11.1 Å². The molecule has 0 aliphatic heterocycles. The summed E-state index contributed by atoms with van der Waals surface area (Å²) >= 11 is 0. The second-order valence-electron chi connectivity index (χ2n) is 5.83. The van der Waals surface area contributed by atoms with Crippen molar-refractivity contribution in [3.05, 3.63) is 72.1 Å².